The summed E-state index contributed by atoms with van der Waals surface area (Å²) in [6.07, 6.45) is 5.06. The van der Waals surface area contributed by atoms with Crippen molar-refractivity contribution in [2.24, 2.45) is 0 Å². The van der Waals surface area contributed by atoms with E-state index in [0.717, 1.165) is 24.9 Å². The van der Waals surface area contributed by atoms with Crippen LogP contribution in [0.5, 0.6) is 5.75 Å². The molecule has 0 N–H and O–H groups in total. The van der Waals surface area contributed by atoms with Crippen molar-refractivity contribution >= 4 is 5.97 Å². The molecule has 1 unspecified atom stereocenters. The summed E-state index contributed by atoms with van der Waals surface area (Å²) in [5.41, 5.74) is 0.519. The van der Waals surface area contributed by atoms with Crippen LogP contribution in [0.4, 0.5) is 0 Å². The molecule has 1 aliphatic heterocycles. The van der Waals surface area contributed by atoms with E-state index in [4.69, 9.17) is 9.57 Å². The summed E-state index contributed by atoms with van der Waals surface area (Å²) < 4.78 is 5.44. The molecule has 0 spiro atoms. The van der Waals surface area contributed by atoms with Crippen LogP contribution in [0.1, 0.15) is 39.2 Å². The first kappa shape index (κ1) is 14.8. The first-order valence-corrected chi connectivity index (χ1v) is 6.95. The first-order valence-electron chi connectivity index (χ1n) is 6.95. The van der Waals surface area contributed by atoms with Crippen LogP contribution in [0.25, 0.3) is 0 Å². The Labute approximate surface area is 119 Å². The van der Waals surface area contributed by atoms with Crippen molar-refractivity contribution in [1.82, 2.24) is 10.0 Å². The van der Waals surface area contributed by atoms with Crippen LogP contribution in [0, 0.1) is 6.92 Å². The lowest BCUT2D eigenvalue weighted by Crippen LogP contribution is -2.42. The smallest absolute Gasteiger partial charge is 0.327 e. The monoisotopic (exact) mass is 278 g/mol. The van der Waals surface area contributed by atoms with Gasteiger partial charge in [-0.15, -0.1) is 5.06 Å². The lowest BCUT2D eigenvalue weighted by molar-refractivity contribution is -0.172. The third kappa shape index (κ3) is 3.70. The third-order valence-corrected chi connectivity index (χ3v) is 3.09. The molecule has 2 rings (SSSR count). The summed E-state index contributed by atoms with van der Waals surface area (Å²) in [6.45, 7) is 8.29. The Hall–Kier alpha value is -1.62. The number of hydroxylamine groups is 2. The average molecular weight is 278 g/mol. The van der Waals surface area contributed by atoms with Gasteiger partial charge >= 0.3 is 5.97 Å². The Morgan fingerprint density at radius 3 is 2.85 bits per heavy atom. The SMILES string of the molecule is Cc1ccncc1ON1CCCC1C(=O)OC(C)(C)C. The molecule has 0 radical (unpaired) electrons. The van der Waals surface area contributed by atoms with E-state index >= 15 is 0 Å². The van der Waals surface area contributed by atoms with Crippen molar-refractivity contribution in [3.05, 3.63) is 24.0 Å². The Kier molecular flexibility index (Phi) is 4.28. The quantitative estimate of drug-likeness (QED) is 0.795. The van der Waals surface area contributed by atoms with Gasteiger partial charge in [0.2, 0.25) is 0 Å². The second-order valence-corrected chi connectivity index (χ2v) is 6.06. The zero-order chi connectivity index (χ0) is 14.8. The number of carbonyl (C=O) groups excluding carboxylic acids is 1. The zero-order valence-electron chi connectivity index (χ0n) is 12.5. The summed E-state index contributed by atoms with van der Waals surface area (Å²) in [5, 5.41) is 1.71. The maximum Gasteiger partial charge on any atom is 0.327 e. The number of aryl methyl sites for hydroxylation is 1. The Morgan fingerprint density at radius 1 is 1.45 bits per heavy atom. The fourth-order valence-corrected chi connectivity index (χ4v) is 2.13. The second kappa shape index (κ2) is 5.79. The van der Waals surface area contributed by atoms with E-state index in [0.29, 0.717) is 5.75 Å². The molecule has 1 atom stereocenters. The standard InChI is InChI=1S/C15H22N2O3/c1-11-7-8-16-10-13(11)20-17-9-5-6-12(17)14(18)19-15(2,3)4/h7-8,10,12H,5-6,9H2,1-4H3. The molecule has 2 heterocycles. The molecule has 1 aromatic rings. The van der Waals surface area contributed by atoms with Gasteiger partial charge in [0.1, 0.15) is 11.6 Å². The molecule has 1 fully saturated rings. The Balaban J connectivity index is 2.04. The van der Waals surface area contributed by atoms with Gasteiger partial charge in [-0.1, -0.05) is 0 Å². The van der Waals surface area contributed by atoms with Gasteiger partial charge in [0, 0.05) is 12.7 Å². The predicted octanol–water partition coefficient (Wildman–Crippen LogP) is 2.49. The van der Waals surface area contributed by atoms with E-state index in [9.17, 15) is 4.79 Å². The predicted molar refractivity (Wildman–Crippen MR) is 75.2 cm³/mol. The molecule has 5 nitrogen and oxygen atoms in total. The van der Waals surface area contributed by atoms with Gasteiger partial charge in [-0.25, -0.2) is 0 Å². The van der Waals surface area contributed by atoms with E-state index < -0.39 is 5.60 Å². The van der Waals surface area contributed by atoms with Crippen molar-refractivity contribution in [3.63, 3.8) is 0 Å². The van der Waals surface area contributed by atoms with E-state index in [1.54, 1.807) is 17.5 Å². The molecule has 0 bridgehead atoms. The third-order valence-electron chi connectivity index (χ3n) is 3.09. The van der Waals surface area contributed by atoms with E-state index in [1.165, 1.54) is 0 Å². The van der Waals surface area contributed by atoms with E-state index in [2.05, 4.69) is 4.98 Å². The number of hydrogen-bond donors (Lipinski definition) is 0. The normalized spacial score (nSPS) is 19.9. The van der Waals surface area contributed by atoms with Gasteiger partial charge in [-0.2, -0.15) is 0 Å². The lowest BCUT2D eigenvalue weighted by atomic mass is 10.2. The molecule has 1 aliphatic rings. The summed E-state index contributed by atoms with van der Waals surface area (Å²) in [5.74, 6) is 0.458. The van der Waals surface area contributed by atoms with Crippen molar-refractivity contribution in [3.8, 4) is 5.75 Å². The number of rotatable bonds is 3. The highest BCUT2D eigenvalue weighted by Gasteiger charge is 2.36. The minimum atomic E-state index is -0.477. The van der Waals surface area contributed by atoms with Crippen molar-refractivity contribution < 1.29 is 14.4 Å². The maximum absolute atomic E-state index is 12.2. The average Bonchev–Trinajstić information content (AvgIpc) is 2.78. The zero-order valence-corrected chi connectivity index (χ0v) is 12.5. The van der Waals surface area contributed by atoms with Crippen LogP contribution >= 0.6 is 0 Å². The molecule has 20 heavy (non-hydrogen) atoms. The summed E-state index contributed by atoms with van der Waals surface area (Å²) in [6, 6.07) is 1.54. The number of nitrogens with zero attached hydrogens (tertiary/aromatic N) is 2. The summed E-state index contributed by atoms with van der Waals surface area (Å²) >= 11 is 0. The molecule has 0 saturated carbocycles. The number of pyridine rings is 1. The molecule has 1 aromatic heterocycles. The first-order chi connectivity index (χ1) is 9.37. The van der Waals surface area contributed by atoms with Gasteiger partial charge < -0.3 is 9.57 Å². The molecule has 1 saturated heterocycles. The lowest BCUT2D eigenvalue weighted by Gasteiger charge is -2.27. The van der Waals surface area contributed by atoms with Crippen LogP contribution in [0.3, 0.4) is 0 Å². The Morgan fingerprint density at radius 2 is 2.20 bits per heavy atom. The fraction of sp³-hybridized carbons (Fsp3) is 0.600. The maximum atomic E-state index is 12.2. The van der Waals surface area contributed by atoms with E-state index in [1.807, 2.05) is 33.8 Å². The van der Waals surface area contributed by atoms with Gasteiger partial charge in [0.05, 0.1) is 6.20 Å². The van der Waals surface area contributed by atoms with Crippen LogP contribution in [-0.2, 0) is 9.53 Å². The largest absolute Gasteiger partial charge is 0.459 e. The molecular weight excluding hydrogens is 256 g/mol. The summed E-state index contributed by atoms with van der Waals surface area (Å²) in [4.78, 5) is 22.1. The van der Waals surface area contributed by atoms with Crippen molar-refractivity contribution in [2.45, 2.75) is 52.2 Å². The van der Waals surface area contributed by atoms with Crippen LogP contribution < -0.4 is 4.84 Å². The van der Waals surface area contributed by atoms with Crippen molar-refractivity contribution in [1.29, 1.82) is 0 Å². The highest BCUT2D eigenvalue weighted by molar-refractivity contribution is 5.76. The Bertz CT molecular complexity index is 482. The molecule has 0 amide bonds. The van der Waals surface area contributed by atoms with Gasteiger partial charge in [-0.3, -0.25) is 9.78 Å². The van der Waals surface area contributed by atoms with Crippen LogP contribution in [0.15, 0.2) is 18.5 Å². The second-order valence-electron chi connectivity index (χ2n) is 6.06. The number of aromatic nitrogens is 1. The van der Waals surface area contributed by atoms with E-state index in [-0.39, 0.29) is 12.0 Å². The molecule has 5 heteroatoms. The molecule has 110 valence electrons. The topological polar surface area (TPSA) is 51.7 Å². The number of hydrogen-bond acceptors (Lipinski definition) is 5. The number of esters is 1. The minimum Gasteiger partial charge on any atom is -0.459 e. The number of carbonyl (C=O) groups is 1. The fourth-order valence-electron chi connectivity index (χ4n) is 2.13. The summed E-state index contributed by atoms with van der Waals surface area (Å²) in [7, 11) is 0. The van der Waals surface area contributed by atoms with Gasteiger partial charge in [0.15, 0.2) is 5.75 Å². The minimum absolute atomic E-state index is 0.225. The molecule has 0 aliphatic carbocycles. The molecule has 0 aromatic carbocycles. The highest BCUT2D eigenvalue weighted by atomic mass is 16.7. The van der Waals surface area contributed by atoms with Crippen LogP contribution in [-0.4, -0.2) is 34.2 Å². The van der Waals surface area contributed by atoms with Crippen LogP contribution in [0.2, 0.25) is 0 Å². The number of ether oxygens (including phenoxy) is 1. The molecular formula is C15H22N2O3. The van der Waals surface area contributed by atoms with Gasteiger partial charge in [0.25, 0.3) is 0 Å². The van der Waals surface area contributed by atoms with Gasteiger partial charge in [-0.05, 0) is 52.2 Å². The van der Waals surface area contributed by atoms with Crippen molar-refractivity contribution in [2.75, 3.05) is 6.54 Å². The highest BCUT2D eigenvalue weighted by Crippen LogP contribution is 2.24.